The average Bonchev–Trinajstić information content (AvgIpc) is 3.01. The predicted molar refractivity (Wildman–Crippen MR) is 136 cm³/mol. The lowest BCUT2D eigenvalue weighted by atomic mass is 9.90. The van der Waals surface area contributed by atoms with E-state index in [-0.39, 0.29) is 0 Å². The van der Waals surface area contributed by atoms with Crippen LogP contribution in [-0.4, -0.2) is 22.6 Å². The van der Waals surface area contributed by atoms with Gasteiger partial charge in [0.2, 0.25) is 0 Å². The minimum Gasteiger partial charge on any atom is -0.339 e. The molecule has 1 fully saturated rings. The molecule has 5 rings (SSSR count). The van der Waals surface area contributed by atoms with E-state index in [4.69, 9.17) is 11.6 Å². The van der Waals surface area contributed by atoms with E-state index in [9.17, 15) is 0 Å². The number of halogens is 1. The lowest BCUT2D eigenvalue weighted by Gasteiger charge is -2.32. The quantitative estimate of drug-likeness (QED) is 0.395. The van der Waals surface area contributed by atoms with Crippen molar-refractivity contribution in [3.63, 3.8) is 0 Å². The highest BCUT2D eigenvalue weighted by molar-refractivity contribution is 6.29. The van der Waals surface area contributed by atoms with Crippen LogP contribution in [0.2, 0.25) is 0 Å². The first kappa shape index (κ1) is 21.3. The van der Waals surface area contributed by atoms with E-state index in [0.29, 0.717) is 0 Å². The number of allylic oxidation sites excluding steroid dienone is 6. The van der Waals surface area contributed by atoms with Crippen LogP contribution in [0.4, 0.5) is 0 Å². The number of benzene rings is 2. The highest BCUT2D eigenvalue weighted by Gasteiger charge is 2.21. The van der Waals surface area contributed by atoms with Crippen LogP contribution in [-0.2, 0) is 19.5 Å². The third-order valence-corrected chi connectivity index (χ3v) is 7.10. The molecule has 0 unspecified atom stereocenters. The number of rotatable bonds is 6. The normalized spacial score (nSPS) is 17.9. The molecule has 0 N–H and O–H groups in total. The number of likely N-dealkylation sites (tertiary alicyclic amines) is 1. The van der Waals surface area contributed by atoms with Gasteiger partial charge in [-0.05, 0) is 73.0 Å². The lowest BCUT2D eigenvalue weighted by Crippen LogP contribution is -2.34. The smallest absolute Gasteiger partial charge is 0.0486 e. The molecule has 0 saturated carbocycles. The van der Waals surface area contributed by atoms with Crippen LogP contribution in [0.3, 0.4) is 0 Å². The summed E-state index contributed by atoms with van der Waals surface area (Å²) in [5.74, 6) is 0.803. The first-order valence-electron chi connectivity index (χ1n) is 11.8. The molecule has 0 amide bonds. The zero-order valence-corrected chi connectivity index (χ0v) is 19.3. The van der Waals surface area contributed by atoms with Crippen molar-refractivity contribution in [1.29, 1.82) is 0 Å². The number of hydrogen-bond acceptors (Lipinski definition) is 1. The van der Waals surface area contributed by atoms with Crippen LogP contribution in [0, 0.1) is 5.92 Å². The minimum atomic E-state index is 0.803. The van der Waals surface area contributed by atoms with Gasteiger partial charge in [-0.3, -0.25) is 4.90 Å². The van der Waals surface area contributed by atoms with E-state index in [1.54, 1.807) is 0 Å². The van der Waals surface area contributed by atoms with Gasteiger partial charge in [-0.2, -0.15) is 0 Å². The zero-order valence-electron chi connectivity index (χ0n) is 18.6. The molecule has 2 nitrogen and oxygen atoms in total. The van der Waals surface area contributed by atoms with E-state index in [2.05, 4.69) is 88.4 Å². The Bertz CT molecular complexity index is 1140. The summed E-state index contributed by atoms with van der Waals surface area (Å²) in [4.78, 5) is 2.64. The van der Waals surface area contributed by atoms with Crippen molar-refractivity contribution in [3.05, 3.63) is 107 Å². The van der Waals surface area contributed by atoms with Gasteiger partial charge < -0.3 is 4.57 Å². The molecule has 0 bridgehead atoms. The van der Waals surface area contributed by atoms with Crippen LogP contribution in [0.5, 0.6) is 0 Å². The summed E-state index contributed by atoms with van der Waals surface area (Å²) in [6, 6.07) is 22.1. The fourth-order valence-electron chi connectivity index (χ4n) is 5.04. The molecular formula is C29H31ClN2. The summed E-state index contributed by atoms with van der Waals surface area (Å²) in [6.45, 7) is 4.25. The van der Waals surface area contributed by atoms with Gasteiger partial charge in [0.25, 0.3) is 0 Å². The monoisotopic (exact) mass is 442 g/mol. The molecule has 0 radical (unpaired) electrons. The second kappa shape index (κ2) is 9.94. The van der Waals surface area contributed by atoms with Crippen LogP contribution >= 0.6 is 11.6 Å². The van der Waals surface area contributed by atoms with E-state index >= 15 is 0 Å². The van der Waals surface area contributed by atoms with Gasteiger partial charge in [0, 0.05) is 35.8 Å². The summed E-state index contributed by atoms with van der Waals surface area (Å²) in [5, 5.41) is 2.22. The van der Waals surface area contributed by atoms with Gasteiger partial charge >= 0.3 is 0 Å². The summed E-state index contributed by atoms with van der Waals surface area (Å²) in [6.07, 6.45) is 13.2. The predicted octanol–water partition coefficient (Wildman–Crippen LogP) is 7.11. The van der Waals surface area contributed by atoms with Gasteiger partial charge in [0.15, 0.2) is 0 Å². The molecule has 3 heteroatoms. The maximum Gasteiger partial charge on any atom is 0.0486 e. The van der Waals surface area contributed by atoms with E-state index in [1.165, 1.54) is 60.1 Å². The van der Waals surface area contributed by atoms with Crippen molar-refractivity contribution >= 4 is 22.5 Å². The fourth-order valence-corrected chi connectivity index (χ4v) is 5.19. The first-order chi connectivity index (χ1) is 15.7. The number of aromatic nitrogens is 1. The molecule has 1 aliphatic carbocycles. The molecular weight excluding hydrogens is 412 g/mol. The number of hydrogen-bond donors (Lipinski definition) is 0. The number of para-hydroxylation sites is 1. The van der Waals surface area contributed by atoms with E-state index in [0.717, 1.165) is 30.5 Å². The largest absolute Gasteiger partial charge is 0.339 e. The van der Waals surface area contributed by atoms with Crippen molar-refractivity contribution < 1.29 is 0 Å². The number of nitrogens with zero attached hydrogens (tertiary/aromatic N) is 2. The Labute approximate surface area is 196 Å². The highest BCUT2D eigenvalue weighted by Crippen LogP contribution is 2.27. The van der Waals surface area contributed by atoms with Crippen molar-refractivity contribution in [3.8, 4) is 0 Å². The van der Waals surface area contributed by atoms with Crippen LogP contribution in [0.15, 0.2) is 95.6 Å². The molecule has 3 aromatic rings. The Balaban J connectivity index is 1.30. The Morgan fingerprint density at radius 2 is 1.66 bits per heavy atom. The van der Waals surface area contributed by atoms with Gasteiger partial charge in [0.1, 0.15) is 0 Å². The van der Waals surface area contributed by atoms with Gasteiger partial charge in [-0.15, -0.1) is 0 Å². The van der Waals surface area contributed by atoms with Crippen LogP contribution in [0.1, 0.15) is 30.5 Å². The Morgan fingerprint density at radius 3 is 2.50 bits per heavy atom. The molecule has 2 aliphatic rings. The van der Waals surface area contributed by atoms with Crippen molar-refractivity contribution in [2.75, 3.05) is 13.1 Å². The minimum absolute atomic E-state index is 0.803. The second-order valence-corrected chi connectivity index (χ2v) is 9.64. The van der Waals surface area contributed by atoms with Gasteiger partial charge in [-0.25, -0.2) is 0 Å². The summed E-state index contributed by atoms with van der Waals surface area (Å²) in [5.41, 5.74) is 5.49. The number of fused-ring (bicyclic) bond motifs is 1. The zero-order chi connectivity index (χ0) is 21.8. The Kier molecular flexibility index (Phi) is 6.61. The van der Waals surface area contributed by atoms with Gasteiger partial charge in [0.05, 0.1) is 0 Å². The third kappa shape index (κ3) is 5.09. The molecule has 1 saturated heterocycles. The molecule has 2 heterocycles. The maximum atomic E-state index is 6.24. The number of piperidine rings is 1. The van der Waals surface area contributed by atoms with E-state index in [1.807, 2.05) is 6.08 Å². The van der Waals surface area contributed by atoms with Crippen molar-refractivity contribution in [2.24, 2.45) is 5.92 Å². The topological polar surface area (TPSA) is 8.17 Å². The molecule has 0 atom stereocenters. The van der Waals surface area contributed by atoms with Crippen molar-refractivity contribution in [2.45, 2.75) is 38.8 Å². The molecule has 1 aromatic heterocycles. The van der Waals surface area contributed by atoms with E-state index < -0.39 is 0 Å². The molecule has 32 heavy (non-hydrogen) atoms. The SMILES string of the molecule is ClC1=CC=C(Cn2c(CN3CCC(Cc4ccccc4)CC3)cc3ccccc32)C=CC1. The van der Waals surface area contributed by atoms with Crippen molar-refractivity contribution in [1.82, 2.24) is 9.47 Å². The summed E-state index contributed by atoms with van der Waals surface area (Å²) in [7, 11) is 0. The summed E-state index contributed by atoms with van der Waals surface area (Å²) >= 11 is 6.24. The maximum absolute atomic E-state index is 6.24. The summed E-state index contributed by atoms with van der Waals surface area (Å²) < 4.78 is 2.49. The standard InChI is InChI=1S/C29H31ClN2/c30-27-11-6-9-25(13-14-27)21-32-28(20-26-10-4-5-12-29(26)32)22-31-17-15-24(16-18-31)19-23-7-2-1-3-8-23/h1-10,12-14,20,24H,11,15-19,21-22H2. The first-order valence-corrected chi connectivity index (χ1v) is 12.2. The Hall–Kier alpha value is -2.55. The average molecular weight is 443 g/mol. The molecule has 164 valence electrons. The van der Waals surface area contributed by atoms with Gasteiger partial charge in [-0.1, -0.05) is 78.4 Å². The molecule has 1 aliphatic heterocycles. The molecule has 0 spiro atoms. The molecule has 2 aromatic carbocycles. The lowest BCUT2D eigenvalue weighted by molar-refractivity contribution is 0.174. The van der Waals surface area contributed by atoms with Crippen LogP contribution < -0.4 is 0 Å². The Morgan fingerprint density at radius 1 is 0.875 bits per heavy atom. The third-order valence-electron chi connectivity index (χ3n) is 6.82. The van der Waals surface area contributed by atoms with Crippen LogP contribution in [0.25, 0.3) is 10.9 Å². The fraction of sp³-hybridized carbons (Fsp3) is 0.310. The second-order valence-electron chi connectivity index (χ2n) is 9.15. The highest BCUT2D eigenvalue weighted by atomic mass is 35.5.